The summed E-state index contributed by atoms with van der Waals surface area (Å²) in [5.41, 5.74) is 1.93. The van der Waals surface area contributed by atoms with Crippen LogP contribution in [0.2, 0.25) is 5.02 Å². The molecule has 0 atom stereocenters. The maximum absolute atomic E-state index is 12.1. The highest BCUT2D eigenvalue weighted by Gasteiger charge is 2.19. The van der Waals surface area contributed by atoms with Crippen LogP contribution in [-0.4, -0.2) is 55.0 Å². The van der Waals surface area contributed by atoms with E-state index in [0.717, 1.165) is 49.0 Å². The standard InChI is InChI=1S/C15H22ClN3O/c1-3-18-6-8-19(9-7-18)15(20)11-17-13-5-4-12(2)14(16)10-13/h4-5,10,17H,3,6-9,11H2,1-2H3. The van der Waals surface area contributed by atoms with E-state index in [1.165, 1.54) is 0 Å². The summed E-state index contributed by atoms with van der Waals surface area (Å²) in [7, 11) is 0. The Labute approximate surface area is 125 Å². The third kappa shape index (κ3) is 3.87. The number of halogens is 1. The van der Waals surface area contributed by atoms with Crippen molar-refractivity contribution in [3.8, 4) is 0 Å². The largest absolute Gasteiger partial charge is 0.376 e. The summed E-state index contributed by atoms with van der Waals surface area (Å²) in [5.74, 6) is 0.150. The van der Waals surface area contributed by atoms with Crippen LogP contribution in [0.15, 0.2) is 18.2 Å². The van der Waals surface area contributed by atoms with Gasteiger partial charge in [0.1, 0.15) is 0 Å². The summed E-state index contributed by atoms with van der Waals surface area (Å²) < 4.78 is 0. The maximum atomic E-state index is 12.1. The van der Waals surface area contributed by atoms with E-state index in [1.807, 2.05) is 30.0 Å². The van der Waals surface area contributed by atoms with Gasteiger partial charge in [0.25, 0.3) is 0 Å². The van der Waals surface area contributed by atoms with Gasteiger partial charge in [0.2, 0.25) is 5.91 Å². The fourth-order valence-electron chi connectivity index (χ4n) is 2.31. The van der Waals surface area contributed by atoms with Crippen molar-refractivity contribution in [1.29, 1.82) is 0 Å². The van der Waals surface area contributed by atoms with E-state index < -0.39 is 0 Å². The molecular weight excluding hydrogens is 274 g/mol. The average Bonchev–Trinajstić information content (AvgIpc) is 2.48. The highest BCUT2D eigenvalue weighted by molar-refractivity contribution is 6.31. The van der Waals surface area contributed by atoms with Crippen LogP contribution in [-0.2, 0) is 4.79 Å². The third-order valence-electron chi connectivity index (χ3n) is 3.79. The Bertz CT molecular complexity index is 470. The molecule has 2 rings (SSSR count). The lowest BCUT2D eigenvalue weighted by atomic mass is 10.2. The molecule has 0 aliphatic carbocycles. The highest BCUT2D eigenvalue weighted by atomic mass is 35.5. The second-order valence-corrected chi connectivity index (χ2v) is 5.54. The van der Waals surface area contributed by atoms with E-state index in [9.17, 15) is 4.79 Å². The molecule has 1 fully saturated rings. The number of amides is 1. The first-order valence-electron chi connectivity index (χ1n) is 7.10. The normalized spacial score (nSPS) is 16.2. The summed E-state index contributed by atoms with van der Waals surface area (Å²) in [6.45, 7) is 9.08. The van der Waals surface area contributed by atoms with Crippen molar-refractivity contribution in [2.24, 2.45) is 0 Å². The Hall–Kier alpha value is -1.26. The van der Waals surface area contributed by atoms with Crippen LogP contribution in [0.1, 0.15) is 12.5 Å². The number of carbonyl (C=O) groups is 1. The molecule has 0 spiro atoms. The molecular formula is C15H22ClN3O. The second-order valence-electron chi connectivity index (χ2n) is 5.13. The Morgan fingerprint density at radius 2 is 2.00 bits per heavy atom. The monoisotopic (exact) mass is 295 g/mol. The van der Waals surface area contributed by atoms with Crippen LogP contribution in [0, 0.1) is 6.92 Å². The number of hydrogen-bond acceptors (Lipinski definition) is 3. The van der Waals surface area contributed by atoms with Crippen LogP contribution < -0.4 is 5.32 Å². The SMILES string of the molecule is CCN1CCN(C(=O)CNc2ccc(C)c(Cl)c2)CC1. The molecule has 1 aromatic rings. The molecule has 1 aliphatic heterocycles. The highest BCUT2D eigenvalue weighted by Crippen LogP contribution is 2.19. The van der Waals surface area contributed by atoms with Gasteiger partial charge in [0.15, 0.2) is 0 Å². The number of piperazine rings is 1. The molecule has 20 heavy (non-hydrogen) atoms. The Kier molecular flexibility index (Phi) is 5.26. The van der Waals surface area contributed by atoms with Gasteiger partial charge >= 0.3 is 0 Å². The molecule has 0 unspecified atom stereocenters. The Balaban J connectivity index is 1.81. The van der Waals surface area contributed by atoms with E-state index in [4.69, 9.17) is 11.6 Å². The predicted molar refractivity (Wildman–Crippen MR) is 83.4 cm³/mol. The van der Waals surface area contributed by atoms with E-state index in [2.05, 4.69) is 17.1 Å². The number of carbonyl (C=O) groups excluding carboxylic acids is 1. The quantitative estimate of drug-likeness (QED) is 0.925. The van der Waals surface area contributed by atoms with Crippen molar-refractivity contribution in [3.05, 3.63) is 28.8 Å². The number of likely N-dealkylation sites (N-methyl/N-ethyl adjacent to an activating group) is 1. The Morgan fingerprint density at radius 1 is 1.30 bits per heavy atom. The second kappa shape index (κ2) is 6.95. The molecule has 0 radical (unpaired) electrons. The minimum absolute atomic E-state index is 0.150. The van der Waals surface area contributed by atoms with Crippen LogP contribution in [0.25, 0.3) is 0 Å². The first-order chi connectivity index (χ1) is 9.60. The van der Waals surface area contributed by atoms with Gasteiger partial charge in [0.05, 0.1) is 6.54 Å². The molecule has 1 aliphatic rings. The summed E-state index contributed by atoms with van der Waals surface area (Å²) >= 11 is 6.07. The van der Waals surface area contributed by atoms with Crippen LogP contribution in [0.5, 0.6) is 0 Å². The molecule has 1 N–H and O–H groups in total. The smallest absolute Gasteiger partial charge is 0.241 e. The topological polar surface area (TPSA) is 35.6 Å². The molecule has 4 nitrogen and oxygen atoms in total. The molecule has 0 saturated carbocycles. The van der Waals surface area contributed by atoms with Crippen LogP contribution >= 0.6 is 11.6 Å². The number of anilines is 1. The van der Waals surface area contributed by atoms with E-state index >= 15 is 0 Å². The molecule has 1 saturated heterocycles. The molecule has 1 amide bonds. The van der Waals surface area contributed by atoms with Gasteiger partial charge in [-0.25, -0.2) is 0 Å². The summed E-state index contributed by atoms with van der Waals surface area (Å²) in [6, 6.07) is 5.76. The average molecular weight is 296 g/mol. The fourth-order valence-corrected chi connectivity index (χ4v) is 2.49. The van der Waals surface area contributed by atoms with Crippen LogP contribution in [0.4, 0.5) is 5.69 Å². The number of nitrogens with one attached hydrogen (secondary N) is 1. The molecule has 0 bridgehead atoms. The minimum atomic E-state index is 0.150. The van der Waals surface area contributed by atoms with E-state index in [0.29, 0.717) is 6.54 Å². The number of benzene rings is 1. The van der Waals surface area contributed by atoms with Gasteiger partial charge in [0, 0.05) is 36.9 Å². The molecule has 1 aromatic carbocycles. The third-order valence-corrected chi connectivity index (χ3v) is 4.19. The van der Waals surface area contributed by atoms with Gasteiger partial charge in [-0.15, -0.1) is 0 Å². The minimum Gasteiger partial charge on any atom is -0.376 e. The molecule has 5 heteroatoms. The summed E-state index contributed by atoms with van der Waals surface area (Å²) in [6.07, 6.45) is 0. The number of aryl methyl sites for hydroxylation is 1. The van der Waals surface area contributed by atoms with Crippen molar-refractivity contribution in [3.63, 3.8) is 0 Å². The van der Waals surface area contributed by atoms with Gasteiger partial charge in [-0.05, 0) is 31.2 Å². The molecule has 0 aromatic heterocycles. The van der Waals surface area contributed by atoms with Crippen molar-refractivity contribution in [2.45, 2.75) is 13.8 Å². The zero-order valence-electron chi connectivity index (χ0n) is 12.2. The lowest BCUT2D eigenvalue weighted by Crippen LogP contribution is -2.49. The number of hydrogen-bond donors (Lipinski definition) is 1. The van der Waals surface area contributed by atoms with Gasteiger partial charge in [-0.1, -0.05) is 24.6 Å². The van der Waals surface area contributed by atoms with Crippen molar-refractivity contribution >= 4 is 23.2 Å². The molecule has 110 valence electrons. The zero-order valence-corrected chi connectivity index (χ0v) is 12.9. The number of nitrogens with zero attached hydrogens (tertiary/aromatic N) is 2. The fraction of sp³-hybridized carbons (Fsp3) is 0.533. The van der Waals surface area contributed by atoms with Gasteiger partial charge in [-0.2, -0.15) is 0 Å². The Morgan fingerprint density at radius 3 is 2.60 bits per heavy atom. The van der Waals surface area contributed by atoms with E-state index in [-0.39, 0.29) is 5.91 Å². The van der Waals surface area contributed by atoms with Gasteiger partial charge < -0.3 is 15.1 Å². The van der Waals surface area contributed by atoms with Gasteiger partial charge in [-0.3, -0.25) is 4.79 Å². The summed E-state index contributed by atoms with van der Waals surface area (Å²) in [4.78, 5) is 16.4. The molecule has 1 heterocycles. The zero-order chi connectivity index (χ0) is 14.5. The predicted octanol–water partition coefficient (Wildman–Crippen LogP) is 2.22. The van der Waals surface area contributed by atoms with Crippen molar-refractivity contribution in [2.75, 3.05) is 44.6 Å². The first-order valence-corrected chi connectivity index (χ1v) is 7.48. The van der Waals surface area contributed by atoms with Crippen molar-refractivity contribution in [1.82, 2.24) is 9.80 Å². The maximum Gasteiger partial charge on any atom is 0.241 e. The lowest BCUT2D eigenvalue weighted by molar-refractivity contribution is -0.131. The summed E-state index contributed by atoms with van der Waals surface area (Å²) in [5, 5.41) is 3.87. The van der Waals surface area contributed by atoms with Crippen LogP contribution in [0.3, 0.4) is 0 Å². The first kappa shape index (κ1) is 15.1. The number of rotatable bonds is 4. The van der Waals surface area contributed by atoms with Crippen molar-refractivity contribution < 1.29 is 4.79 Å². The lowest BCUT2D eigenvalue weighted by Gasteiger charge is -2.34. The van der Waals surface area contributed by atoms with E-state index in [1.54, 1.807) is 0 Å².